The SMILES string of the molecule is CC(C)(C)OC(=O)N1CC(O)(CCc2cccc3c2CN(C2CCC(=O)NC2=O)C3=O)C1. The van der Waals surface area contributed by atoms with Gasteiger partial charge in [0.1, 0.15) is 17.2 Å². The van der Waals surface area contributed by atoms with E-state index < -0.39 is 29.2 Å². The Hall–Kier alpha value is -2.94. The third kappa shape index (κ3) is 4.34. The summed E-state index contributed by atoms with van der Waals surface area (Å²) in [7, 11) is 0. The van der Waals surface area contributed by atoms with E-state index in [0.29, 0.717) is 31.4 Å². The lowest BCUT2D eigenvalue weighted by Gasteiger charge is -2.46. The van der Waals surface area contributed by atoms with Gasteiger partial charge in [-0.2, -0.15) is 0 Å². The number of amides is 4. The molecule has 0 spiro atoms. The van der Waals surface area contributed by atoms with E-state index in [9.17, 15) is 24.3 Å². The van der Waals surface area contributed by atoms with Crippen LogP contribution in [0.2, 0.25) is 0 Å². The van der Waals surface area contributed by atoms with Crippen LogP contribution < -0.4 is 5.32 Å². The van der Waals surface area contributed by atoms with Crippen molar-refractivity contribution >= 4 is 23.8 Å². The molecular weight excluding hydrogens is 414 g/mol. The number of hydrogen-bond acceptors (Lipinski definition) is 6. The highest BCUT2D eigenvalue weighted by Crippen LogP contribution is 2.33. The van der Waals surface area contributed by atoms with Crippen LogP contribution in [0.3, 0.4) is 0 Å². The summed E-state index contributed by atoms with van der Waals surface area (Å²) in [5, 5.41) is 13.1. The van der Waals surface area contributed by atoms with Crippen LogP contribution in [0.25, 0.3) is 0 Å². The lowest BCUT2D eigenvalue weighted by molar-refractivity contribution is -0.136. The van der Waals surface area contributed by atoms with Gasteiger partial charge in [0.25, 0.3) is 5.91 Å². The van der Waals surface area contributed by atoms with Crippen molar-refractivity contribution in [1.82, 2.24) is 15.1 Å². The van der Waals surface area contributed by atoms with Gasteiger partial charge in [-0.25, -0.2) is 4.79 Å². The minimum atomic E-state index is -0.994. The summed E-state index contributed by atoms with van der Waals surface area (Å²) in [5.74, 6) is -0.963. The molecule has 0 aromatic heterocycles. The van der Waals surface area contributed by atoms with Gasteiger partial charge in [0.05, 0.1) is 13.1 Å². The van der Waals surface area contributed by atoms with Crippen molar-refractivity contribution in [3.8, 4) is 0 Å². The van der Waals surface area contributed by atoms with Crippen LogP contribution in [0.4, 0.5) is 4.79 Å². The molecule has 0 saturated carbocycles. The summed E-state index contributed by atoms with van der Waals surface area (Å²) in [5.41, 5.74) is 0.772. The minimum absolute atomic E-state index is 0.207. The van der Waals surface area contributed by atoms with Crippen LogP contribution in [0.15, 0.2) is 18.2 Å². The summed E-state index contributed by atoms with van der Waals surface area (Å²) in [4.78, 5) is 51.7. The number of ether oxygens (including phenoxy) is 1. The molecule has 32 heavy (non-hydrogen) atoms. The molecule has 1 aromatic rings. The normalized spacial score (nSPS) is 22.4. The van der Waals surface area contributed by atoms with Crippen LogP contribution in [-0.2, 0) is 27.3 Å². The fourth-order valence-corrected chi connectivity index (χ4v) is 4.53. The van der Waals surface area contributed by atoms with Crippen LogP contribution in [-0.4, -0.2) is 69.1 Å². The monoisotopic (exact) mass is 443 g/mol. The van der Waals surface area contributed by atoms with E-state index in [2.05, 4.69) is 5.32 Å². The molecule has 4 rings (SSSR count). The predicted octanol–water partition coefficient (Wildman–Crippen LogP) is 1.36. The Morgan fingerprint density at radius 3 is 2.62 bits per heavy atom. The standard InChI is InChI=1S/C23H29N3O6/c1-22(2,3)32-21(30)25-12-23(31,13-25)10-9-14-5-4-6-15-16(14)11-26(20(15)29)17-7-8-18(27)24-19(17)28/h4-6,17,31H,7-13H2,1-3H3,(H,24,27,28). The fraction of sp³-hybridized carbons (Fsp3) is 0.565. The first-order chi connectivity index (χ1) is 15.0. The third-order valence-corrected chi connectivity index (χ3v) is 6.16. The first kappa shape index (κ1) is 22.3. The van der Waals surface area contributed by atoms with Gasteiger partial charge < -0.3 is 19.6 Å². The molecule has 9 nitrogen and oxygen atoms in total. The van der Waals surface area contributed by atoms with E-state index in [1.807, 2.05) is 6.07 Å². The summed E-state index contributed by atoms with van der Waals surface area (Å²) >= 11 is 0. The lowest BCUT2D eigenvalue weighted by Crippen LogP contribution is -2.64. The average molecular weight is 444 g/mol. The molecule has 9 heteroatoms. The maximum atomic E-state index is 12.9. The molecule has 1 atom stereocenters. The molecule has 172 valence electrons. The van der Waals surface area contributed by atoms with Crippen molar-refractivity contribution in [2.24, 2.45) is 0 Å². The lowest BCUT2D eigenvalue weighted by atomic mass is 9.86. The summed E-state index contributed by atoms with van der Waals surface area (Å²) in [6.45, 7) is 6.11. The fourth-order valence-electron chi connectivity index (χ4n) is 4.53. The maximum Gasteiger partial charge on any atom is 0.410 e. The Morgan fingerprint density at radius 2 is 1.97 bits per heavy atom. The van der Waals surface area contributed by atoms with Gasteiger partial charge >= 0.3 is 6.09 Å². The highest BCUT2D eigenvalue weighted by Gasteiger charge is 2.45. The summed E-state index contributed by atoms with van der Waals surface area (Å²) < 4.78 is 5.33. The molecular formula is C23H29N3O6. The molecule has 0 bridgehead atoms. The largest absolute Gasteiger partial charge is 0.444 e. The zero-order valence-corrected chi connectivity index (χ0v) is 18.6. The second kappa shape index (κ2) is 7.88. The molecule has 3 aliphatic heterocycles. The van der Waals surface area contributed by atoms with Crippen molar-refractivity contribution in [2.75, 3.05) is 13.1 Å². The molecule has 3 aliphatic rings. The molecule has 4 amide bonds. The van der Waals surface area contributed by atoms with Crippen molar-refractivity contribution in [3.63, 3.8) is 0 Å². The number of imide groups is 1. The number of likely N-dealkylation sites (tertiary alicyclic amines) is 1. The van der Waals surface area contributed by atoms with Crippen molar-refractivity contribution < 1.29 is 29.0 Å². The van der Waals surface area contributed by atoms with Crippen molar-refractivity contribution in [3.05, 3.63) is 34.9 Å². The molecule has 0 aliphatic carbocycles. The number of aliphatic hydroxyl groups is 1. The Kier molecular flexibility index (Phi) is 5.48. The predicted molar refractivity (Wildman–Crippen MR) is 114 cm³/mol. The third-order valence-electron chi connectivity index (χ3n) is 6.16. The molecule has 2 fully saturated rings. The van der Waals surface area contributed by atoms with Gasteiger partial charge in [-0.1, -0.05) is 12.1 Å². The summed E-state index contributed by atoms with van der Waals surface area (Å²) in [6.07, 6.45) is 1.08. The number of benzene rings is 1. The zero-order valence-electron chi connectivity index (χ0n) is 18.6. The number of aryl methyl sites for hydroxylation is 1. The van der Waals surface area contributed by atoms with Crippen molar-refractivity contribution in [1.29, 1.82) is 0 Å². The Balaban J connectivity index is 1.39. The highest BCUT2D eigenvalue weighted by molar-refractivity contribution is 6.05. The van der Waals surface area contributed by atoms with Crippen LogP contribution in [0.5, 0.6) is 0 Å². The number of β-amino-alcohol motifs (C(OH)–C–C–N with tert-alkyl or cyclic N) is 1. The zero-order chi connectivity index (χ0) is 23.3. The Labute approximate surface area is 186 Å². The van der Waals surface area contributed by atoms with Crippen LogP contribution >= 0.6 is 0 Å². The molecule has 2 N–H and O–H groups in total. The molecule has 3 heterocycles. The molecule has 0 radical (unpaired) electrons. The number of carbonyl (C=O) groups is 4. The van der Waals surface area contributed by atoms with Crippen LogP contribution in [0.1, 0.15) is 61.5 Å². The van der Waals surface area contributed by atoms with Gasteiger partial charge in [0.15, 0.2) is 0 Å². The Bertz CT molecular complexity index is 976. The second-order valence-electron chi connectivity index (χ2n) is 9.90. The number of piperidine rings is 1. The number of nitrogens with one attached hydrogen (secondary N) is 1. The first-order valence-corrected chi connectivity index (χ1v) is 10.9. The number of nitrogens with zero attached hydrogens (tertiary/aromatic N) is 2. The first-order valence-electron chi connectivity index (χ1n) is 10.9. The smallest absolute Gasteiger partial charge is 0.410 e. The number of hydrogen-bond donors (Lipinski definition) is 2. The summed E-state index contributed by atoms with van der Waals surface area (Å²) in [6, 6.07) is 4.82. The molecule has 1 aromatic carbocycles. The average Bonchev–Trinajstić information content (AvgIpc) is 3.00. The highest BCUT2D eigenvalue weighted by atomic mass is 16.6. The van der Waals surface area contributed by atoms with Gasteiger partial charge in [0, 0.05) is 18.5 Å². The minimum Gasteiger partial charge on any atom is -0.444 e. The number of rotatable bonds is 4. The molecule has 2 saturated heterocycles. The van der Waals surface area contributed by atoms with Gasteiger partial charge in [-0.15, -0.1) is 0 Å². The second-order valence-corrected chi connectivity index (χ2v) is 9.90. The van der Waals surface area contributed by atoms with E-state index in [4.69, 9.17) is 4.74 Å². The Morgan fingerprint density at radius 1 is 1.25 bits per heavy atom. The van der Waals surface area contributed by atoms with Gasteiger partial charge in [0.2, 0.25) is 11.8 Å². The van der Waals surface area contributed by atoms with E-state index >= 15 is 0 Å². The maximum absolute atomic E-state index is 12.9. The van der Waals surface area contributed by atoms with E-state index in [1.165, 1.54) is 9.80 Å². The van der Waals surface area contributed by atoms with Gasteiger partial charge in [-0.05, 0) is 57.2 Å². The number of carbonyl (C=O) groups excluding carboxylic acids is 4. The topological polar surface area (TPSA) is 116 Å². The molecule has 1 unspecified atom stereocenters. The number of fused-ring (bicyclic) bond motifs is 1. The van der Waals surface area contributed by atoms with Gasteiger partial charge in [-0.3, -0.25) is 19.7 Å². The van der Waals surface area contributed by atoms with Crippen LogP contribution in [0, 0.1) is 0 Å². The van der Waals surface area contributed by atoms with E-state index in [1.54, 1.807) is 32.9 Å². The van der Waals surface area contributed by atoms with E-state index in [0.717, 1.165) is 11.1 Å². The van der Waals surface area contributed by atoms with Crippen molar-refractivity contribution in [2.45, 2.75) is 70.2 Å². The quantitative estimate of drug-likeness (QED) is 0.679. The van der Waals surface area contributed by atoms with E-state index in [-0.39, 0.29) is 31.3 Å².